The van der Waals surface area contributed by atoms with Gasteiger partial charge in [0, 0.05) is 23.6 Å². The number of benzene rings is 2. The van der Waals surface area contributed by atoms with E-state index in [0.29, 0.717) is 28.4 Å². The van der Waals surface area contributed by atoms with Crippen LogP contribution in [0, 0.1) is 5.82 Å². The predicted molar refractivity (Wildman–Crippen MR) is 99.6 cm³/mol. The van der Waals surface area contributed by atoms with E-state index < -0.39 is 0 Å². The SMILES string of the molecule is COc1ccc(N=c2scc(-c3ccc(OC)cc3F)n2CCO)cc1. The van der Waals surface area contributed by atoms with E-state index in [9.17, 15) is 9.50 Å². The summed E-state index contributed by atoms with van der Waals surface area (Å²) in [5, 5.41) is 11.3. The molecule has 0 saturated carbocycles. The average Bonchev–Trinajstić information content (AvgIpc) is 3.05. The molecule has 136 valence electrons. The monoisotopic (exact) mass is 374 g/mol. The molecule has 2 aromatic carbocycles. The van der Waals surface area contributed by atoms with Crippen molar-refractivity contribution in [3.05, 3.63) is 58.5 Å². The molecule has 3 rings (SSSR count). The van der Waals surface area contributed by atoms with Crippen LogP contribution in [0.3, 0.4) is 0 Å². The maximum Gasteiger partial charge on any atom is 0.190 e. The van der Waals surface area contributed by atoms with Gasteiger partial charge in [-0.3, -0.25) is 0 Å². The van der Waals surface area contributed by atoms with E-state index in [1.807, 2.05) is 29.6 Å². The van der Waals surface area contributed by atoms with Crippen LogP contribution in [0.4, 0.5) is 10.1 Å². The fourth-order valence-corrected chi connectivity index (χ4v) is 3.49. The molecule has 0 radical (unpaired) electrons. The fourth-order valence-electron chi connectivity index (χ4n) is 2.55. The smallest absolute Gasteiger partial charge is 0.190 e. The number of rotatable bonds is 6. The average molecular weight is 374 g/mol. The molecule has 0 saturated heterocycles. The highest BCUT2D eigenvalue weighted by molar-refractivity contribution is 7.07. The minimum atomic E-state index is -0.384. The number of ether oxygens (including phenoxy) is 2. The number of thiazole rings is 1. The molecular weight excluding hydrogens is 355 g/mol. The molecule has 0 amide bonds. The summed E-state index contributed by atoms with van der Waals surface area (Å²) in [7, 11) is 3.10. The van der Waals surface area contributed by atoms with E-state index in [-0.39, 0.29) is 12.4 Å². The van der Waals surface area contributed by atoms with E-state index in [4.69, 9.17) is 9.47 Å². The molecule has 1 heterocycles. The normalized spacial score (nSPS) is 11.6. The van der Waals surface area contributed by atoms with E-state index in [1.54, 1.807) is 23.8 Å². The lowest BCUT2D eigenvalue weighted by Gasteiger charge is -2.09. The van der Waals surface area contributed by atoms with E-state index >= 15 is 0 Å². The topological polar surface area (TPSA) is 56.0 Å². The fraction of sp³-hybridized carbons (Fsp3) is 0.211. The highest BCUT2D eigenvalue weighted by Crippen LogP contribution is 2.27. The Hall–Kier alpha value is -2.64. The van der Waals surface area contributed by atoms with Crippen LogP contribution < -0.4 is 14.3 Å². The van der Waals surface area contributed by atoms with Gasteiger partial charge in [-0.2, -0.15) is 0 Å². The summed E-state index contributed by atoms with van der Waals surface area (Å²) in [6.45, 7) is 0.247. The number of aliphatic hydroxyl groups is 1. The molecule has 0 fully saturated rings. The summed E-state index contributed by atoms with van der Waals surface area (Å²) in [5.41, 5.74) is 1.85. The first kappa shape index (κ1) is 18.2. The van der Waals surface area contributed by atoms with Crippen molar-refractivity contribution in [2.75, 3.05) is 20.8 Å². The third-order valence-corrected chi connectivity index (χ3v) is 4.73. The molecule has 0 unspecified atom stereocenters. The highest BCUT2D eigenvalue weighted by atomic mass is 32.1. The van der Waals surface area contributed by atoms with Crippen molar-refractivity contribution >= 4 is 17.0 Å². The number of aliphatic hydroxyl groups excluding tert-OH is 1. The van der Waals surface area contributed by atoms with Gasteiger partial charge in [0.25, 0.3) is 0 Å². The quantitative estimate of drug-likeness (QED) is 0.717. The zero-order valence-corrected chi connectivity index (χ0v) is 15.3. The van der Waals surface area contributed by atoms with Crippen LogP contribution in [0.2, 0.25) is 0 Å². The van der Waals surface area contributed by atoms with Crippen LogP contribution in [-0.2, 0) is 6.54 Å². The number of methoxy groups -OCH3 is 2. The molecule has 0 aliphatic heterocycles. The van der Waals surface area contributed by atoms with Crippen LogP contribution in [0.1, 0.15) is 0 Å². The highest BCUT2D eigenvalue weighted by Gasteiger charge is 2.13. The summed E-state index contributed by atoms with van der Waals surface area (Å²) in [6.07, 6.45) is 0. The summed E-state index contributed by atoms with van der Waals surface area (Å²) in [6, 6.07) is 12.1. The van der Waals surface area contributed by atoms with Gasteiger partial charge in [0.1, 0.15) is 17.3 Å². The minimum Gasteiger partial charge on any atom is -0.497 e. The first-order valence-electron chi connectivity index (χ1n) is 7.98. The Morgan fingerprint density at radius 3 is 2.38 bits per heavy atom. The van der Waals surface area contributed by atoms with Crippen LogP contribution in [0.5, 0.6) is 11.5 Å². The van der Waals surface area contributed by atoms with Crippen LogP contribution in [0.15, 0.2) is 52.8 Å². The van der Waals surface area contributed by atoms with Gasteiger partial charge >= 0.3 is 0 Å². The summed E-state index contributed by atoms with van der Waals surface area (Å²) in [4.78, 5) is 5.29. The second kappa shape index (κ2) is 8.16. The first-order chi connectivity index (χ1) is 12.7. The second-order valence-corrected chi connectivity index (χ2v) is 6.27. The Balaban J connectivity index is 2.07. The maximum atomic E-state index is 14.5. The van der Waals surface area contributed by atoms with Gasteiger partial charge in [0.15, 0.2) is 4.80 Å². The Morgan fingerprint density at radius 2 is 1.77 bits per heavy atom. The zero-order valence-electron chi connectivity index (χ0n) is 14.5. The number of aromatic nitrogens is 1. The van der Waals surface area contributed by atoms with Gasteiger partial charge in [0.2, 0.25) is 0 Å². The van der Waals surface area contributed by atoms with E-state index in [0.717, 1.165) is 11.4 Å². The standard InChI is InChI=1S/C19H19FN2O3S/c1-24-14-5-3-13(4-6-14)21-19-22(9-10-23)18(12-26-19)16-8-7-15(25-2)11-17(16)20/h3-8,11-12,23H,9-10H2,1-2H3. The lowest BCUT2D eigenvalue weighted by Crippen LogP contribution is -2.18. The third kappa shape index (κ3) is 3.79. The number of nitrogens with zero attached hydrogens (tertiary/aromatic N) is 2. The van der Waals surface area contributed by atoms with Gasteiger partial charge in [0.05, 0.1) is 32.2 Å². The van der Waals surface area contributed by atoms with Crippen LogP contribution in [0.25, 0.3) is 11.3 Å². The molecule has 1 N–H and O–H groups in total. The van der Waals surface area contributed by atoms with Gasteiger partial charge < -0.3 is 19.1 Å². The molecule has 26 heavy (non-hydrogen) atoms. The van der Waals surface area contributed by atoms with Gasteiger partial charge in [-0.05, 0) is 36.4 Å². The number of halogens is 1. The molecule has 5 nitrogen and oxygen atoms in total. The molecule has 0 atom stereocenters. The largest absolute Gasteiger partial charge is 0.497 e. The van der Waals surface area contributed by atoms with Crippen molar-refractivity contribution in [3.63, 3.8) is 0 Å². The summed E-state index contributed by atoms with van der Waals surface area (Å²) >= 11 is 1.39. The van der Waals surface area contributed by atoms with E-state index in [2.05, 4.69) is 4.99 Å². The Kier molecular flexibility index (Phi) is 5.70. The summed E-state index contributed by atoms with van der Waals surface area (Å²) < 4.78 is 26.5. The van der Waals surface area contributed by atoms with Crippen molar-refractivity contribution in [1.82, 2.24) is 4.57 Å². The first-order valence-corrected chi connectivity index (χ1v) is 8.86. The molecule has 0 aliphatic rings. The molecule has 7 heteroatoms. The lowest BCUT2D eigenvalue weighted by atomic mass is 10.1. The van der Waals surface area contributed by atoms with Gasteiger partial charge in [-0.15, -0.1) is 11.3 Å². The number of hydrogen-bond donors (Lipinski definition) is 1. The van der Waals surface area contributed by atoms with Crippen molar-refractivity contribution in [2.24, 2.45) is 4.99 Å². The van der Waals surface area contributed by atoms with Crippen molar-refractivity contribution in [3.8, 4) is 22.8 Å². The van der Waals surface area contributed by atoms with Crippen LogP contribution >= 0.6 is 11.3 Å². The predicted octanol–water partition coefficient (Wildman–Crippen LogP) is 3.60. The number of hydrogen-bond acceptors (Lipinski definition) is 5. The molecule has 0 bridgehead atoms. The van der Waals surface area contributed by atoms with E-state index in [1.165, 1.54) is 24.5 Å². The Morgan fingerprint density at radius 1 is 1.08 bits per heavy atom. The minimum absolute atomic E-state index is 0.0721. The Bertz CT molecular complexity index is 948. The van der Waals surface area contributed by atoms with Crippen molar-refractivity contribution < 1.29 is 19.0 Å². The molecule has 0 spiro atoms. The molecule has 3 aromatic rings. The molecule has 0 aliphatic carbocycles. The Labute approximate surface area is 154 Å². The summed E-state index contributed by atoms with van der Waals surface area (Å²) in [5.74, 6) is 0.822. The maximum absolute atomic E-state index is 14.5. The van der Waals surface area contributed by atoms with Crippen molar-refractivity contribution in [1.29, 1.82) is 0 Å². The van der Waals surface area contributed by atoms with Crippen molar-refractivity contribution in [2.45, 2.75) is 6.54 Å². The zero-order chi connectivity index (χ0) is 18.5. The molecular formula is C19H19FN2O3S. The van der Waals surface area contributed by atoms with Crippen LogP contribution in [-0.4, -0.2) is 30.5 Å². The second-order valence-electron chi connectivity index (χ2n) is 5.43. The molecule has 1 aromatic heterocycles. The lowest BCUT2D eigenvalue weighted by molar-refractivity contribution is 0.275. The van der Waals surface area contributed by atoms with Gasteiger partial charge in [-0.1, -0.05) is 0 Å². The third-order valence-electron chi connectivity index (χ3n) is 3.87. The van der Waals surface area contributed by atoms with Gasteiger partial charge in [-0.25, -0.2) is 9.38 Å².